The summed E-state index contributed by atoms with van der Waals surface area (Å²) in [7, 11) is 2.14. The second-order valence-corrected chi connectivity index (χ2v) is 4.40. The van der Waals surface area contributed by atoms with E-state index in [0.717, 1.165) is 31.0 Å². The molecule has 2 rings (SSSR count). The lowest BCUT2D eigenvalue weighted by molar-refractivity contribution is 0.347. The van der Waals surface area contributed by atoms with Gasteiger partial charge in [0.05, 0.1) is 5.69 Å². The third-order valence-corrected chi connectivity index (χ3v) is 3.17. The van der Waals surface area contributed by atoms with E-state index in [0.29, 0.717) is 12.5 Å². The maximum absolute atomic E-state index is 5.60. The van der Waals surface area contributed by atoms with Gasteiger partial charge in [-0.3, -0.25) is 0 Å². The lowest BCUT2D eigenvalue weighted by atomic mass is 9.99. The van der Waals surface area contributed by atoms with Crippen molar-refractivity contribution in [1.29, 1.82) is 0 Å². The van der Waals surface area contributed by atoms with Gasteiger partial charge in [-0.2, -0.15) is 0 Å². The minimum atomic E-state index is 0.512. The topological polar surface area (TPSA) is 55.3 Å². The number of aromatic nitrogens is 1. The molecule has 2 heterocycles. The number of nitrogens with two attached hydrogens (primary N) is 1. The summed E-state index contributed by atoms with van der Waals surface area (Å²) in [6, 6.07) is 0. The van der Waals surface area contributed by atoms with E-state index >= 15 is 0 Å². The summed E-state index contributed by atoms with van der Waals surface area (Å²) in [5, 5.41) is 4.06. The summed E-state index contributed by atoms with van der Waals surface area (Å²) in [4.78, 5) is 2.33. The average Bonchev–Trinajstić information content (AvgIpc) is 2.76. The van der Waals surface area contributed by atoms with Crippen LogP contribution in [0.1, 0.15) is 29.4 Å². The van der Waals surface area contributed by atoms with E-state index in [2.05, 4.69) is 17.1 Å². The summed E-state index contributed by atoms with van der Waals surface area (Å²) < 4.78 is 5.45. The zero-order valence-corrected chi connectivity index (χ0v) is 9.49. The largest absolute Gasteiger partial charge is 0.361 e. The molecule has 1 aromatic heterocycles. The third kappa shape index (κ3) is 2.06. The fraction of sp³-hybridized carbons (Fsp3) is 0.727. The van der Waals surface area contributed by atoms with Crippen LogP contribution in [0.4, 0.5) is 0 Å². The van der Waals surface area contributed by atoms with Crippen molar-refractivity contribution in [2.75, 3.05) is 26.7 Å². The minimum absolute atomic E-state index is 0.512. The van der Waals surface area contributed by atoms with Crippen molar-refractivity contribution in [3.05, 3.63) is 17.0 Å². The molecule has 0 amide bonds. The van der Waals surface area contributed by atoms with E-state index in [1.165, 1.54) is 12.0 Å². The summed E-state index contributed by atoms with van der Waals surface area (Å²) in [5.41, 5.74) is 7.84. The van der Waals surface area contributed by atoms with Gasteiger partial charge in [0.1, 0.15) is 5.76 Å². The van der Waals surface area contributed by atoms with Gasteiger partial charge in [0, 0.05) is 18.0 Å². The number of aryl methyl sites for hydroxylation is 1. The molecular formula is C11H19N3O. The van der Waals surface area contributed by atoms with E-state index in [1.807, 2.05) is 6.92 Å². The molecular weight excluding hydrogens is 190 g/mol. The number of hydrogen-bond acceptors (Lipinski definition) is 4. The van der Waals surface area contributed by atoms with Gasteiger partial charge < -0.3 is 15.2 Å². The van der Waals surface area contributed by atoms with E-state index in [4.69, 9.17) is 10.3 Å². The fourth-order valence-electron chi connectivity index (χ4n) is 2.32. The smallest absolute Gasteiger partial charge is 0.144 e. The second kappa shape index (κ2) is 4.33. The maximum atomic E-state index is 5.60. The Morgan fingerprint density at radius 1 is 1.60 bits per heavy atom. The van der Waals surface area contributed by atoms with Crippen molar-refractivity contribution in [2.24, 2.45) is 5.73 Å². The molecule has 2 N–H and O–H groups in total. The SMILES string of the molecule is Cc1noc(C2CCN(C)C2)c1CCN. The molecule has 84 valence electrons. The first kappa shape index (κ1) is 10.6. The lowest BCUT2D eigenvalue weighted by Gasteiger charge is -2.08. The predicted molar refractivity (Wildman–Crippen MR) is 58.9 cm³/mol. The minimum Gasteiger partial charge on any atom is -0.361 e. The van der Waals surface area contributed by atoms with Crippen molar-refractivity contribution < 1.29 is 4.52 Å². The summed E-state index contributed by atoms with van der Waals surface area (Å²) in [6.07, 6.45) is 2.05. The van der Waals surface area contributed by atoms with Crippen LogP contribution < -0.4 is 5.73 Å². The predicted octanol–water partition coefficient (Wildman–Crippen LogP) is 0.903. The molecule has 1 aliphatic heterocycles. The summed E-state index contributed by atoms with van der Waals surface area (Å²) in [6.45, 7) is 4.88. The average molecular weight is 209 g/mol. The molecule has 4 heteroatoms. The first-order valence-corrected chi connectivity index (χ1v) is 5.56. The molecule has 15 heavy (non-hydrogen) atoms. The van der Waals surface area contributed by atoms with Gasteiger partial charge in [-0.1, -0.05) is 5.16 Å². The molecule has 0 radical (unpaired) electrons. The molecule has 1 atom stereocenters. The van der Waals surface area contributed by atoms with Gasteiger partial charge >= 0.3 is 0 Å². The van der Waals surface area contributed by atoms with Crippen molar-refractivity contribution in [3.63, 3.8) is 0 Å². The Labute approximate surface area is 90.4 Å². The first-order chi connectivity index (χ1) is 7.22. The molecule has 0 saturated carbocycles. The monoisotopic (exact) mass is 209 g/mol. The van der Waals surface area contributed by atoms with Gasteiger partial charge in [0.2, 0.25) is 0 Å². The van der Waals surface area contributed by atoms with E-state index in [-0.39, 0.29) is 0 Å². The quantitative estimate of drug-likeness (QED) is 0.803. The summed E-state index contributed by atoms with van der Waals surface area (Å²) >= 11 is 0. The van der Waals surface area contributed by atoms with E-state index in [9.17, 15) is 0 Å². The van der Waals surface area contributed by atoms with Crippen LogP contribution in [0.3, 0.4) is 0 Å². The highest BCUT2D eigenvalue weighted by Crippen LogP contribution is 2.30. The number of likely N-dealkylation sites (N-methyl/N-ethyl adjacent to an activating group) is 1. The normalized spacial score (nSPS) is 22.5. The van der Waals surface area contributed by atoms with Crippen LogP contribution in [-0.2, 0) is 6.42 Å². The van der Waals surface area contributed by atoms with Crippen LogP contribution >= 0.6 is 0 Å². The van der Waals surface area contributed by atoms with Crippen molar-refractivity contribution in [1.82, 2.24) is 10.1 Å². The first-order valence-electron chi connectivity index (χ1n) is 5.56. The molecule has 0 aliphatic carbocycles. The summed E-state index contributed by atoms with van der Waals surface area (Å²) in [5.74, 6) is 1.58. The highest BCUT2D eigenvalue weighted by Gasteiger charge is 2.27. The highest BCUT2D eigenvalue weighted by atomic mass is 16.5. The Morgan fingerprint density at radius 2 is 2.40 bits per heavy atom. The molecule has 0 spiro atoms. The van der Waals surface area contributed by atoms with E-state index in [1.54, 1.807) is 0 Å². The van der Waals surface area contributed by atoms with Crippen LogP contribution in [0, 0.1) is 6.92 Å². The number of nitrogens with zero attached hydrogens (tertiary/aromatic N) is 2. The Morgan fingerprint density at radius 3 is 3.00 bits per heavy atom. The Kier molecular flexibility index (Phi) is 3.07. The highest BCUT2D eigenvalue weighted by molar-refractivity contribution is 5.26. The lowest BCUT2D eigenvalue weighted by Crippen LogP contribution is -2.14. The zero-order chi connectivity index (χ0) is 10.8. The van der Waals surface area contributed by atoms with Gasteiger partial charge in [-0.15, -0.1) is 0 Å². The number of hydrogen-bond donors (Lipinski definition) is 1. The van der Waals surface area contributed by atoms with Crippen LogP contribution in [0.15, 0.2) is 4.52 Å². The molecule has 1 saturated heterocycles. The molecule has 0 aromatic carbocycles. The van der Waals surface area contributed by atoms with Crippen LogP contribution in [0.5, 0.6) is 0 Å². The zero-order valence-electron chi connectivity index (χ0n) is 9.49. The van der Waals surface area contributed by atoms with Gasteiger partial charge in [0.15, 0.2) is 0 Å². The standard InChI is InChI=1S/C11H19N3O/c1-8-10(3-5-12)11(15-13-8)9-4-6-14(2)7-9/h9H,3-7,12H2,1-2H3. The Bertz CT molecular complexity index is 335. The Hall–Kier alpha value is -0.870. The maximum Gasteiger partial charge on any atom is 0.144 e. The number of rotatable bonds is 3. The second-order valence-electron chi connectivity index (χ2n) is 4.40. The van der Waals surface area contributed by atoms with E-state index < -0.39 is 0 Å². The van der Waals surface area contributed by atoms with Crippen molar-refractivity contribution in [3.8, 4) is 0 Å². The number of likely N-dealkylation sites (tertiary alicyclic amines) is 1. The van der Waals surface area contributed by atoms with Crippen LogP contribution in [0.2, 0.25) is 0 Å². The molecule has 0 bridgehead atoms. The van der Waals surface area contributed by atoms with Gasteiger partial charge in [-0.25, -0.2) is 0 Å². The fourth-order valence-corrected chi connectivity index (χ4v) is 2.32. The molecule has 4 nitrogen and oxygen atoms in total. The van der Waals surface area contributed by atoms with Crippen LogP contribution in [-0.4, -0.2) is 36.7 Å². The van der Waals surface area contributed by atoms with Crippen LogP contribution in [0.25, 0.3) is 0 Å². The van der Waals surface area contributed by atoms with Gasteiger partial charge in [0.25, 0.3) is 0 Å². The molecule has 1 aliphatic rings. The molecule has 1 aromatic rings. The molecule has 1 fully saturated rings. The van der Waals surface area contributed by atoms with Crippen molar-refractivity contribution >= 4 is 0 Å². The Balaban J connectivity index is 2.20. The third-order valence-electron chi connectivity index (χ3n) is 3.17. The van der Waals surface area contributed by atoms with Crippen molar-refractivity contribution in [2.45, 2.75) is 25.7 Å². The molecule has 1 unspecified atom stereocenters. The van der Waals surface area contributed by atoms with Gasteiger partial charge in [-0.05, 0) is 39.9 Å².